The number of fused-ring (bicyclic) bond motifs is 1. The highest BCUT2D eigenvalue weighted by Gasteiger charge is 2.18. The van der Waals surface area contributed by atoms with Crippen LogP contribution in [0.4, 0.5) is 4.39 Å². The first-order chi connectivity index (χ1) is 6.24. The van der Waals surface area contributed by atoms with Crippen molar-refractivity contribution in [1.29, 1.82) is 0 Å². The number of carbonyl (C=O) groups is 1. The normalized spacial score (nSPS) is 10.6. The van der Waals surface area contributed by atoms with Gasteiger partial charge >= 0.3 is 5.97 Å². The third kappa shape index (κ3) is 1.12. The number of ether oxygens (including phenoxy) is 1. The van der Waals surface area contributed by atoms with Gasteiger partial charge in [0.25, 0.3) is 0 Å². The lowest BCUT2D eigenvalue weighted by Crippen LogP contribution is -2.03. The predicted octanol–water partition coefficient (Wildman–Crippen LogP) is 2.16. The van der Waals surface area contributed by atoms with Gasteiger partial charge in [-0.2, -0.15) is 0 Å². The van der Waals surface area contributed by atoms with Crippen molar-refractivity contribution < 1.29 is 13.9 Å². The van der Waals surface area contributed by atoms with Crippen molar-refractivity contribution in [2.75, 3.05) is 7.11 Å². The molecule has 2 rings (SSSR count). The molecule has 0 radical (unpaired) electrons. The van der Waals surface area contributed by atoms with Gasteiger partial charge in [-0.15, -0.1) is 11.3 Å². The Hall–Kier alpha value is -1.36. The third-order valence-electron chi connectivity index (χ3n) is 1.73. The van der Waals surface area contributed by atoms with Gasteiger partial charge in [-0.25, -0.2) is 9.18 Å². The zero-order chi connectivity index (χ0) is 9.42. The summed E-state index contributed by atoms with van der Waals surface area (Å²) in [6.45, 7) is 0. The number of hydrogen-bond donors (Lipinski definition) is 1. The molecule has 0 fully saturated rings. The number of carbonyl (C=O) groups excluding carboxylic acids is 1. The van der Waals surface area contributed by atoms with Crippen molar-refractivity contribution in [2.45, 2.75) is 0 Å². The average Bonchev–Trinajstić information content (AvgIpc) is 2.68. The molecule has 0 bridgehead atoms. The molecule has 2 heterocycles. The summed E-state index contributed by atoms with van der Waals surface area (Å²) in [7, 11) is 1.22. The lowest BCUT2D eigenvalue weighted by atomic mass is 10.4. The molecule has 3 nitrogen and oxygen atoms in total. The van der Waals surface area contributed by atoms with Crippen LogP contribution < -0.4 is 0 Å². The zero-order valence-corrected chi connectivity index (χ0v) is 7.57. The molecule has 0 atom stereocenters. The van der Waals surface area contributed by atoms with Crippen molar-refractivity contribution in [3.05, 3.63) is 23.0 Å². The van der Waals surface area contributed by atoms with E-state index >= 15 is 0 Å². The molecular formula is C8H6FNO2S. The molecule has 0 saturated heterocycles. The van der Waals surface area contributed by atoms with Crippen molar-refractivity contribution >= 4 is 27.5 Å². The van der Waals surface area contributed by atoms with Gasteiger partial charge in [0.05, 0.1) is 17.3 Å². The maximum atomic E-state index is 13.4. The summed E-state index contributed by atoms with van der Waals surface area (Å²) < 4.78 is 18.2. The molecule has 0 amide bonds. The maximum Gasteiger partial charge on any atom is 0.357 e. The second-order valence-corrected chi connectivity index (χ2v) is 3.39. The van der Waals surface area contributed by atoms with Crippen LogP contribution in [0.5, 0.6) is 0 Å². The minimum atomic E-state index is -0.680. The maximum absolute atomic E-state index is 13.4. The van der Waals surface area contributed by atoms with Gasteiger partial charge in [0, 0.05) is 0 Å². The van der Waals surface area contributed by atoms with Crippen molar-refractivity contribution in [1.82, 2.24) is 4.98 Å². The van der Waals surface area contributed by atoms with Crippen molar-refractivity contribution in [3.8, 4) is 0 Å². The fraction of sp³-hybridized carbons (Fsp3) is 0.125. The Kier molecular flexibility index (Phi) is 1.81. The molecule has 2 aromatic heterocycles. The highest BCUT2D eigenvalue weighted by Crippen LogP contribution is 2.26. The smallest absolute Gasteiger partial charge is 0.357 e. The Morgan fingerprint density at radius 1 is 1.69 bits per heavy atom. The molecule has 5 heteroatoms. The van der Waals surface area contributed by atoms with Gasteiger partial charge in [0.1, 0.15) is 0 Å². The fourth-order valence-electron chi connectivity index (χ4n) is 1.12. The summed E-state index contributed by atoms with van der Waals surface area (Å²) in [5, 5.41) is 1.76. The first-order valence-corrected chi connectivity index (χ1v) is 4.45. The highest BCUT2D eigenvalue weighted by atomic mass is 32.1. The summed E-state index contributed by atoms with van der Waals surface area (Å²) in [6.07, 6.45) is 0. The van der Waals surface area contributed by atoms with Crippen LogP contribution in [0.25, 0.3) is 10.2 Å². The van der Waals surface area contributed by atoms with Crippen molar-refractivity contribution in [2.24, 2.45) is 0 Å². The van der Waals surface area contributed by atoms with E-state index in [-0.39, 0.29) is 5.69 Å². The molecular weight excluding hydrogens is 193 g/mol. The van der Waals surface area contributed by atoms with Gasteiger partial charge in [0.15, 0.2) is 11.5 Å². The topological polar surface area (TPSA) is 42.1 Å². The van der Waals surface area contributed by atoms with Gasteiger partial charge in [0.2, 0.25) is 0 Å². The fourth-order valence-corrected chi connectivity index (χ4v) is 1.92. The van der Waals surface area contributed by atoms with E-state index < -0.39 is 11.8 Å². The molecule has 0 aromatic carbocycles. The Bertz CT molecular complexity index is 460. The van der Waals surface area contributed by atoms with Crippen molar-refractivity contribution in [3.63, 3.8) is 0 Å². The molecule has 0 aliphatic heterocycles. The summed E-state index contributed by atoms with van der Waals surface area (Å²) >= 11 is 1.25. The van der Waals surface area contributed by atoms with Gasteiger partial charge in [-0.3, -0.25) is 0 Å². The summed E-state index contributed by atoms with van der Waals surface area (Å²) in [4.78, 5) is 13.7. The number of esters is 1. The van der Waals surface area contributed by atoms with E-state index in [1.54, 1.807) is 11.4 Å². The van der Waals surface area contributed by atoms with Crippen LogP contribution >= 0.6 is 11.3 Å². The average molecular weight is 199 g/mol. The Morgan fingerprint density at radius 3 is 3.08 bits per heavy atom. The highest BCUT2D eigenvalue weighted by molar-refractivity contribution is 7.17. The summed E-state index contributed by atoms with van der Waals surface area (Å²) in [6, 6.07) is 1.72. The molecule has 0 aliphatic rings. The quantitative estimate of drug-likeness (QED) is 0.715. The molecule has 0 unspecified atom stereocenters. The zero-order valence-electron chi connectivity index (χ0n) is 6.76. The van der Waals surface area contributed by atoms with Crippen LogP contribution in [-0.4, -0.2) is 18.1 Å². The molecule has 68 valence electrons. The van der Waals surface area contributed by atoms with E-state index in [1.165, 1.54) is 18.4 Å². The first-order valence-electron chi connectivity index (χ1n) is 3.57. The van der Waals surface area contributed by atoms with Crippen LogP contribution in [0.3, 0.4) is 0 Å². The predicted molar refractivity (Wildman–Crippen MR) is 47.5 cm³/mol. The van der Waals surface area contributed by atoms with E-state index in [2.05, 4.69) is 9.72 Å². The number of aromatic amines is 1. The van der Waals surface area contributed by atoms with Crippen LogP contribution in [0.2, 0.25) is 0 Å². The van der Waals surface area contributed by atoms with Crippen LogP contribution in [-0.2, 0) is 4.74 Å². The van der Waals surface area contributed by atoms with E-state index in [9.17, 15) is 9.18 Å². The lowest BCUT2D eigenvalue weighted by molar-refractivity contribution is 0.0590. The molecule has 2 aromatic rings. The minimum Gasteiger partial charge on any atom is -0.464 e. The summed E-state index contributed by atoms with van der Waals surface area (Å²) in [5.74, 6) is -1.21. The van der Waals surface area contributed by atoms with Crippen LogP contribution in [0.1, 0.15) is 10.5 Å². The van der Waals surface area contributed by atoms with Gasteiger partial charge in [-0.1, -0.05) is 0 Å². The Morgan fingerprint density at radius 2 is 2.46 bits per heavy atom. The standard InChI is InChI=1S/C8H6FNO2S/c1-12-8(11)6-5(9)7-4(10-6)2-3-13-7/h2-3,10H,1H3. The number of rotatable bonds is 1. The molecule has 0 spiro atoms. The number of halogens is 1. The number of thiophene rings is 1. The molecule has 13 heavy (non-hydrogen) atoms. The SMILES string of the molecule is COC(=O)c1[nH]c2ccsc2c1F. The third-order valence-corrected chi connectivity index (χ3v) is 2.64. The first kappa shape index (κ1) is 8.25. The second kappa shape index (κ2) is 2.85. The lowest BCUT2D eigenvalue weighted by Gasteiger charge is -1.93. The van der Waals surface area contributed by atoms with E-state index in [1.807, 2.05) is 0 Å². The Labute approximate surface area is 77.1 Å². The van der Waals surface area contributed by atoms with E-state index in [0.29, 0.717) is 10.2 Å². The van der Waals surface area contributed by atoms with Crippen LogP contribution in [0.15, 0.2) is 11.4 Å². The number of H-pyrrole nitrogens is 1. The summed E-state index contributed by atoms with van der Waals surface area (Å²) in [5.41, 5.74) is 0.521. The minimum absolute atomic E-state index is 0.107. The number of aromatic nitrogens is 1. The van der Waals surface area contributed by atoms with Crippen LogP contribution in [0, 0.1) is 5.82 Å². The van der Waals surface area contributed by atoms with Gasteiger partial charge < -0.3 is 9.72 Å². The van der Waals surface area contributed by atoms with E-state index in [4.69, 9.17) is 0 Å². The number of nitrogens with one attached hydrogen (secondary N) is 1. The monoisotopic (exact) mass is 199 g/mol. The largest absolute Gasteiger partial charge is 0.464 e. The van der Waals surface area contributed by atoms with E-state index in [0.717, 1.165) is 0 Å². The number of hydrogen-bond acceptors (Lipinski definition) is 3. The second-order valence-electron chi connectivity index (χ2n) is 2.47. The molecule has 0 saturated carbocycles. The molecule has 0 aliphatic carbocycles. The van der Waals surface area contributed by atoms with Gasteiger partial charge in [-0.05, 0) is 11.4 Å². The Balaban J connectivity index is 2.64. The molecule has 1 N–H and O–H groups in total. The number of methoxy groups -OCH3 is 1.